The van der Waals surface area contributed by atoms with Crippen molar-refractivity contribution < 1.29 is 9.53 Å². The Morgan fingerprint density at radius 2 is 1.85 bits per heavy atom. The zero-order valence-electron chi connectivity index (χ0n) is 16.5. The van der Waals surface area contributed by atoms with Gasteiger partial charge in [0.2, 0.25) is 5.91 Å². The van der Waals surface area contributed by atoms with E-state index >= 15 is 0 Å². The number of anilines is 2. The Bertz CT molecular complexity index is 783. The van der Waals surface area contributed by atoms with Gasteiger partial charge in [0.25, 0.3) is 0 Å². The first-order valence-electron chi connectivity index (χ1n) is 9.60. The van der Waals surface area contributed by atoms with Crippen LogP contribution in [0.2, 0.25) is 0 Å². The fraction of sp³-hybridized carbons (Fsp3) is 0.409. The van der Waals surface area contributed by atoms with Crippen LogP contribution in [-0.2, 0) is 11.2 Å². The molecule has 0 aromatic heterocycles. The van der Waals surface area contributed by atoms with Crippen LogP contribution >= 0.6 is 0 Å². The number of para-hydroxylation sites is 1. The van der Waals surface area contributed by atoms with Crippen molar-refractivity contribution in [3.63, 3.8) is 0 Å². The minimum absolute atomic E-state index is 0.0353. The van der Waals surface area contributed by atoms with Gasteiger partial charge >= 0.3 is 0 Å². The normalized spacial score (nSPS) is 14.9. The van der Waals surface area contributed by atoms with Crippen LogP contribution in [0.4, 0.5) is 11.4 Å². The molecule has 0 aliphatic carbocycles. The van der Waals surface area contributed by atoms with E-state index in [1.165, 1.54) is 5.69 Å². The number of nitrogens with one attached hydrogen (secondary N) is 1. The van der Waals surface area contributed by atoms with E-state index in [4.69, 9.17) is 4.74 Å². The summed E-state index contributed by atoms with van der Waals surface area (Å²) in [6.07, 6.45) is 0.296. The highest BCUT2D eigenvalue weighted by Crippen LogP contribution is 2.24. The van der Waals surface area contributed by atoms with Gasteiger partial charge in [-0.05, 0) is 43.3 Å². The molecular formula is C22H29N3O2. The van der Waals surface area contributed by atoms with Crippen LogP contribution in [-0.4, -0.2) is 50.6 Å². The summed E-state index contributed by atoms with van der Waals surface area (Å²) in [7, 11) is 1.62. The molecule has 2 aromatic rings. The third-order valence-electron chi connectivity index (χ3n) is 5.21. The molecule has 3 rings (SSSR count). The second-order valence-corrected chi connectivity index (χ2v) is 6.96. The lowest BCUT2D eigenvalue weighted by atomic mass is 10.1. The van der Waals surface area contributed by atoms with Gasteiger partial charge in [-0.25, -0.2) is 0 Å². The highest BCUT2D eigenvalue weighted by Gasteiger charge is 2.17. The molecule has 1 saturated heterocycles. The second-order valence-electron chi connectivity index (χ2n) is 6.96. The molecule has 1 aliphatic heterocycles. The lowest BCUT2D eigenvalue weighted by Gasteiger charge is -2.35. The van der Waals surface area contributed by atoms with Gasteiger partial charge in [0.05, 0.1) is 13.5 Å². The van der Waals surface area contributed by atoms with Crippen molar-refractivity contribution in [3.8, 4) is 5.75 Å². The van der Waals surface area contributed by atoms with Gasteiger partial charge in [-0.15, -0.1) is 0 Å². The number of carbonyl (C=O) groups excluding carboxylic acids is 1. The van der Waals surface area contributed by atoms with E-state index in [-0.39, 0.29) is 5.91 Å². The first-order chi connectivity index (χ1) is 13.1. The summed E-state index contributed by atoms with van der Waals surface area (Å²) < 4.78 is 5.33. The maximum atomic E-state index is 12.5. The summed E-state index contributed by atoms with van der Waals surface area (Å²) in [5.41, 5.74) is 4.07. The molecule has 0 spiro atoms. The van der Waals surface area contributed by atoms with Crippen LogP contribution in [0, 0.1) is 6.92 Å². The standard InChI is InChI=1S/C22H29N3O2/c1-4-24-11-13-25(14-12-24)19-9-10-20(17(2)15-19)23-22(26)16-18-7-5-6-8-21(18)27-3/h5-10,15H,4,11-14,16H2,1-3H3,(H,23,26). The van der Waals surface area contributed by atoms with Crippen LogP contribution in [0.25, 0.3) is 0 Å². The van der Waals surface area contributed by atoms with E-state index in [2.05, 4.69) is 34.2 Å². The Kier molecular flexibility index (Phi) is 6.35. The molecule has 0 unspecified atom stereocenters. The molecular weight excluding hydrogens is 338 g/mol. The van der Waals surface area contributed by atoms with Crippen molar-refractivity contribution in [3.05, 3.63) is 53.6 Å². The molecule has 1 N–H and O–H groups in total. The molecule has 1 heterocycles. The Morgan fingerprint density at radius 3 is 2.52 bits per heavy atom. The summed E-state index contributed by atoms with van der Waals surface area (Å²) >= 11 is 0. The number of benzene rings is 2. The predicted molar refractivity (Wildman–Crippen MR) is 111 cm³/mol. The topological polar surface area (TPSA) is 44.8 Å². The first-order valence-corrected chi connectivity index (χ1v) is 9.60. The minimum Gasteiger partial charge on any atom is -0.496 e. The summed E-state index contributed by atoms with van der Waals surface area (Å²) in [5.74, 6) is 0.706. The van der Waals surface area contributed by atoms with Gasteiger partial charge in [0, 0.05) is 43.1 Å². The number of methoxy groups -OCH3 is 1. The van der Waals surface area contributed by atoms with Crippen LogP contribution in [0.15, 0.2) is 42.5 Å². The largest absolute Gasteiger partial charge is 0.496 e. The maximum absolute atomic E-state index is 12.5. The number of likely N-dealkylation sites (N-methyl/N-ethyl adjacent to an activating group) is 1. The highest BCUT2D eigenvalue weighted by molar-refractivity contribution is 5.93. The molecule has 27 heavy (non-hydrogen) atoms. The number of rotatable bonds is 6. The Hall–Kier alpha value is -2.53. The first kappa shape index (κ1) is 19.2. The van der Waals surface area contributed by atoms with Crippen LogP contribution in [0.1, 0.15) is 18.1 Å². The molecule has 0 saturated carbocycles. The molecule has 0 bridgehead atoms. The van der Waals surface area contributed by atoms with Gasteiger partial charge in [0.1, 0.15) is 5.75 Å². The smallest absolute Gasteiger partial charge is 0.228 e. The van der Waals surface area contributed by atoms with Gasteiger partial charge in [0.15, 0.2) is 0 Å². The van der Waals surface area contributed by atoms with Gasteiger partial charge in [-0.1, -0.05) is 25.1 Å². The zero-order chi connectivity index (χ0) is 19.2. The van der Waals surface area contributed by atoms with Crippen LogP contribution in [0.3, 0.4) is 0 Å². The Labute approximate surface area is 161 Å². The number of hydrogen-bond donors (Lipinski definition) is 1. The number of ether oxygens (including phenoxy) is 1. The highest BCUT2D eigenvalue weighted by atomic mass is 16.5. The number of aryl methyl sites for hydroxylation is 1. The second kappa shape index (κ2) is 8.91. The van der Waals surface area contributed by atoms with E-state index < -0.39 is 0 Å². The molecule has 1 amide bonds. The summed E-state index contributed by atoms with van der Waals surface area (Å²) in [6.45, 7) is 9.68. The van der Waals surface area contributed by atoms with E-state index in [9.17, 15) is 4.79 Å². The molecule has 0 atom stereocenters. The van der Waals surface area contributed by atoms with Crippen LogP contribution < -0.4 is 15.0 Å². The zero-order valence-corrected chi connectivity index (χ0v) is 16.5. The Balaban J connectivity index is 1.63. The van der Waals surface area contributed by atoms with Crippen molar-refractivity contribution in [1.29, 1.82) is 0 Å². The van der Waals surface area contributed by atoms with Crippen molar-refractivity contribution in [1.82, 2.24) is 4.90 Å². The molecule has 1 fully saturated rings. The Morgan fingerprint density at radius 1 is 1.11 bits per heavy atom. The van der Waals surface area contributed by atoms with Crippen molar-refractivity contribution in [2.75, 3.05) is 50.1 Å². The number of nitrogens with zero attached hydrogens (tertiary/aromatic N) is 2. The van der Waals surface area contributed by atoms with Crippen molar-refractivity contribution in [2.45, 2.75) is 20.3 Å². The van der Waals surface area contributed by atoms with Gasteiger partial charge < -0.3 is 19.9 Å². The SMILES string of the molecule is CCN1CCN(c2ccc(NC(=O)Cc3ccccc3OC)c(C)c2)CC1. The average molecular weight is 367 g/mol. The third kappa shape index (κ3) is 4.80. The summed E-state index contributed by atoms with van der Waals surface area (Å²) in [6, 6.07) is 13.9. The fourth-order valence-corrected chi connectivity index (χ4v) is 3.52. The van der Waals surface area contributed by atoms with E-state index in [0.29, 0.717) is 6.42 Å². The molecule has 1 aliphatic rings. The van der Waals surface area contributed by atoms with Crippen LogP contribution in [0.5, 0.6) is 5.75 Å². The molecule has 5 heteroatoms. The van der Waals surface area contributed by atoms with Crippen molar-refractivity contribution >= 4 is 17.3 Å². The molecule has 2 aromatic carbocycles. The summed E-state index contributed by atoms with van der Waals surface area (Å²) in [5, 5.41) is 3.04. The van der Waals surface area contributed by atoms with Gasteiger partial charge in [-0.2, -0.15) is 0 Å². The van der Waals surface area contributed by atoms with Gasteiger partial charge in [-0.3, -0.25) is 4.79 Å². The molecule has 0 radical (unpaired) electrons. The predicted octanol–water partition coefficient (Wildman–Crippen LogP) is 3.33. The lowest BCUT2D eigenvalue weighted by molar-refractivity contribution is -0.115. The lowest BCUT2D eigenvalue weighted by Crippen LogP contribution is -2.46. The third-order valence-corrected chi connectivity index (χ3v) is 5.21. The fourth-order valence-electron chi connectivity index (χ4n) is 3.52. The maximum Gasteiger partial charge on any atom is 0.228 e. The summed E-state index contributed by atoms with van der Waals surface area (Å²) in [4.78, 5) is 17.4. The number of piperazine rings is 1. The number of hydrogen-bond acceptors (Lipinski definition) is 4. The van der Waals surface area contributed by atoms with E-state index in [0.717, 1.165) is 55.3 Å². The van der Waals surface area contributed by atoms with E-state index in [1.54, 1.807) is 7.11 Å². The molecule has 5 nitrogen and oxygen atoms in total. The number of amides is 1. The number of carbonyl (C=O) groups is 1. The average Bonchev–Trinajstić information content (AvgIpc) is 2.70. The molecule has 144 valence electrons. The van der Waals surface area contributed by atoms with E-state index in [1.807, 2.05) is 37.3 Å². The quantitative estimate of drug-likeness (QED) is 0.851. The minimum atomic E-state index is -0.0353. The monoisotopic (exact) mass is 367 g/mol. The van der Waals surface area contributed by atoms with Crippen molar-refractivity contribution in [2.24, 2.45) is 0 Å².